The van der Waals surface area contributed by atoms with Gasteiger partial charge in [-0.1, -0.05) is 43.0 Å². The molecule has 0 aromatic heterocycles. The minimum Gasteiger partial charge on any atom is -0.444 e. The van der Waals surface area contributed by atoms with Crippen molar-refractivity contribution in [1.29, 1.82) is 0 Å². The average Bonchev–Trinajstić information content (AvgIpc) is 2.67. The molecule has 0 radical (unpaired) electrons. The van der Waals surface area contributed by atoms with Crippen LogP contribution in [0.15, 0.2) is 55.0 Å². The third kappa shape index (κ3) is 6.42. The van der Waals surface area contributed by atoms with E-state index in [-0.39, 0.29) is 19.7 Å². The van der Waals surface area contributed by atoms with Crippen molar-refractivity contribution in [3.8, 4) is 0 Å². The summed E-state index contributed by atoms with van der Waals surface area (Å²) in [7, 11) is -3.70. The largest absolute Gasteiger partial charge is 0.444 e. The Hall–Kier alpha value is -2.16. The molecular weight excluding hydrogens is 392 g/mol. The highest BCUT2D eigenvalue weighted by molar-refractivity contribution is 7.92. The number of amides is 1. The molecular formula is C21H30N2O5S. The molecule has 1 aliphatic heterocycles. The Labute approximate surface area is 173 Å². The second kappa shape index (κ2) is 9.56. The zero-order valence-electron chi connectivity index (χ0n) is 17.3. The summed E-state index contributed by atoms with van der Waals surface area (Å²) in [6.45, 7) is 13.2. The number of carbonyl (C=O) groups is 1. The molecule has 1 saturated heterocycles. The lowest BCUT2D eigenvalue weighted by molar-refractivity contribution is -0.00930. The fraction of sp³-hybridized carbons (Fsp3) is 0.476. The van der Waals surface area contributed by atoms with E-state index in [1.807, 2.05) is 30.3 Å². The van der Waals surface area contributed by atoms with E-state index in [2.05, 4.69) is 13.2 Å². The van der Waals surface area contributed by atoms with E-state index < -0.39 is 33.8 Å². The van der Waals surface area contributed by atoms with Gasteiger partial charge in [-0.2, -0.15) is 4.31 Å². The molecule has 1 aromatic rings. The first-order chi connectivity index (χ1) is 13.6. The Morgan fingerprint density at radius 2 is 1.86 bits per heavy atom. The highest BCUT2D eigenvalue weighted by Crippen LogP contribution is 2.23. The lowest BCUT2D eigenvalue weighted by atomic mass is 10.1. The van der Waals surface area contributed by atoms with Gasteiger partial charge in [0.1, 0.15) is 5.60 Å². The SMILES string of the molecule is C=CC1CN(S(=O)(=O)C=C)C(COCc2ccccc2)CN1C(=O)OC(C)(C)C. The molecule has 1 heterocycles. The van der Waals surface area contributed by atoms with Gasteiger partial charge in [0.05, 0.1) is 25.3 Å². The number of sulfonamides is 1. The first-order valence-electron chi connectivity index (χ1n) is 9.45. The van der Waals surface area contributed by atoms with Gasteiger partial charge in [0.25, 0.3) is 0 Å². The standard InChI is InChI=1S/C21H30N2O5S/c1-6-18-14-23(29(25,26)7-2)19(13-22(18)20(24)28-21(3,4)5)16-27-15-17-11-9-8-10-12-17/h6-12,18-19H,1-2,13-16H2,3-5H3. The van der Waals surface area contributed by atoms with Crippen molar-refractivity contribution in [2.75, 3.05) is 19.7 Å². The quantitative estimate of drug-likeness (QED) is 0.631. The Kier molecular flexibility index (Phi) is 7.62. The fourth-order valence-corrected chi connectivity index (χ4v) is 4.14. The van der Waals surface area contributed by atoms with Crippen molar-refractivity contribution in [3.05, 3.63) is 60.5 Å². The van der Waals surface area contributed by atoms with E-state index in [0.29, 0.717) is 6.61 Å². The van der Waals surface area contributed by atoms with Crippen LogP contribution in [0.5, 0.6) is 0 Å². The van der Waals surface area contributed by atoms with Crippen molar-refractivity contribution in [2.24, 2.45) is 0 Å². The minimum atomic E-state index is -3.70. The lowest BCUT2D eigenvalue weighted by Crippen LogP contribution is -2.62. The molecule has 160 valence electrons. The van der Waals surface area contributed by atoms with Gasteiger partial charge in [0.2, 0.25) is 10.0 Å². The number of piperazine rings is 1. The van der Waals surface area contributed by atoms with Crippen LogP contribution in [0.3, 0.4) is 0 Å². The van der Waals surface area contributed by atoms with E-state index in [1.165, 1.54) is 9.21 Å². The molecule has 2 atom stereocenters. The number of hydrogen-bond donors (Lipinski definition) is 0. The van der Waals surface area contributed by atoms with Crippen LogP contribution in [-0.4, -0.2) is 61.1 Å². The molecule has 1 fully saturated rings. The summed E-state index contributed by atoms with van der Waals surface area (Å²) in [6.07, 6.45) is 1.04. The van der Waals surface area contributed by atoms with Gasteiger partial charge >= 0.3 is 6.09 Å². The molecule has 29 heavy (non-hydrogen) atoms. The van der Waals surface area contributed by atoms with Crippen LogP contribution in [0.4, 0.5) is 4.79 Å². The molecule has 1 amide bonds. The predicted octanol–water partition coefficient (Wildman–Crippen LogP) is 3.15. The summed E-state index contributed by atoms with van der Waals surface area (Å²) < 4.78 is 37.7. The number of benzene rings is 1. The van der Waals surface area contributed by atoms with Crippen molar-refractivity contribution >= 4 is 16.1 Å². The van der Waals surface area contributed by atoms with Crippen LogP contribution >= 0.6 is 0 Å². The molecule has 1 aromatic carbocycles. The maximum Gasteiger partial charge on any atom is 0.410 e. The Morgan fingerprint density at radius 1 is 1.21 bits per heavy atom. The predicted molar refractivity (Wildman–Crippen MR) is 113 cm³/mol. The summed E-state index contributed by atoms with van der Waals surface area (Å²) >= 11 is 0. The molecule has 0 spiro atoms. The van der Waals surface area contributed by atoms with Crippen LogP contribution in [0.1, 0.15) is 26.3 Å². The van der Waals surface area contributed by atoms with E-state index in [4.69, 9.17) is 9.47 Å². The zero-order valence-corrected chi connectivity index (χ0v) is 18.1. The second-order valence-corrected chi connectivity index (χ2v) is 9.70. The lowest BCUT2D eigenvalue weighted by Gasteiger charge is -2.44. The number of nitrogens with zero attached hydrogens (tertiary/aromatic N) is 2. The maximum atomic E-state index is 12.7. The van der Waals surface area contributed by atoms with Crippen LogP contribution in [0.25, 0.3) is 0 Å². The molecule has 0 aliphatic carbocycles. The molecule has 0 bridgehead atoms. The number of rotatable bonds is 7. The summed E-state index contributed by atoms with van der Waals surface area (Å²) in [4.78, 5) is 14.2. The normalized spacial score (nSPS) is 20.9. The first-order valence-corrected chi connectivity index (χ1v) is 11.0. The number of hydrogen-bond acceptors (Lipinski definition) is 5. The van der Waals surface area contributed by atoms with Crippen LogP contribution < -0.4 is 0 Å². The van der Waals surface area contributed by atoms with E-state index in [1.54, 1.807) is 26.8 Å². The smallest absolute Gasteiger partial charge is 0.410 e. The summed E-state index contributed by atoms with van der Waals surface area (Å²) in [5.41, 5.74) is 0.321. The van der Waals surface area contributed by atoms with E-state index >= 15 is 0 Å². The van der Waals surface area contributed by atoms with Gasteiger partial charge in [-0.15, -0.1) is 6.58 Å². The Morgan fingerprint density at radius 3 is 2.41 bits per heavy atom. The summed E-state index contributed by atoms with van der Waals surface area (Å²) in [5, 5.41) is 0.917. The summed E-state index contributed by atoms with van der Waals surface area (Å²) in [6, 6.07) is 8.52. The van der Waals surface area contributed by atoms with E-state index in [9.17, 15) is 13.2 Å². The topological polar surface area (TPSA) is 76.2 Å². The molecule has 0 N–H and O–H groups in total. The highest BCUT2D eigenvalue weighted by Gasteiger charge is 2.41. The molecule has 2 rings (SSSR count). The monoisotopic (exact) mass is 422 g/mol. The fourth-order valence-electron chi connectivity index (χ4n) is 3.05. The molecule has 7 nitrogen and oxygen atoms in total. The molecule has 0 saturated carbocycles. The van der Waals surface area contributed by atoms with Gasteiger partial charge in [0, 0.05) is 18.5 Å². The third-order valence-corrected chi connectivity index (χ3v) is 5.96. The maximum absolute atomic E-state index is 12.7. The molecule has 1 aliphatic rings. The Balaban J connectivity index is 2.18. The van der Waals surface area contributed by atoms with Gasteiger partial charge in [0.15, 0.2) is 0 Å². The summed E-state index contributed by atoms with van der Waals surface area (Å²) in [5.74, 6) is 0. The van der Waals surface area contributed by atoms with Crippen LogP contribution in [0, 0.1) is 0 Å². The van der Waals surface area contributed by atoms with Crippen LogP contribution in [0.2, 0.25) is 0 Å². The second-order valence-electron chi connectivity index (χ2n) is 7.87. The molecule has 8 heteroatoms. The Bertz CT molecular complexity index is 817. The zero-order chi connectivity index (χ0) is 21.7. The third-order valence-electron chi connectivity index (χ3n) is 4.44. The van der Waals surface area contributed by atoms with Gasteiger partial charge < -0.3 is 9.47 Å². The van der Waals surface area contributed by atoms with Gasteiger partial charge in [-0.3, -0.25) is 4.90 Å². The average molecular weight is 423 g/mol. The van der Waals surface area contributed by atoms with Crippen LogP contribution in [-0.2, 0) is 26.1 Å². The first kappa shape index (κ1) is 23.1. The minimum absolute atomic E-state index is 0.0659. The number of ether oxygens (including phenoxy) is 2. The van der Waals surface area contributed by atoms with E-state index in [0.717, 1.165) is 11.0 Å². The van der Waals surface area contributed by atoms with Crippen molar-refractivity contribution in [3.63, 3.8) is 0 Å². The van der Waals surface area contributed by atoms with Crippen molar-refractivity contribution < 1.29 is 22.7 Å². The van der Waals surface area contributed by atoms with Crippen molar-refractivity contribution in [1.82, 2.24) is 9.21 Å². The number of carbonyl (C=O) groups excluding carboxylic acids is 1. The highest BCUT2D eigenvalue weighted by atomic mass is 32.2. The van der Waals surface area contributed by atoms with Gasteiger partial charge in [-0.25, -0.2) is 13.2 Å². The van der Waals surface area contributed by atoms with Crippen molar-refractivity contribution in [2.45, 2.75) is 45.1 Å². The van der Waals surface area contributed by atoms with Gasteiger partial charge in [-0.05, 0) is 26.3 Å². The molecule has 2 unspecified atom stereocenters.